The van der Waals surface area contributed by atoms with Crippen molar-refractivity contribution in [3.63, 3.8) is 0 Å². The summed E-state index contributed by atoms with van der Waals surface area (Å²) in [6, 6.07) is 3.23. The van der Waals surface area contributed by atoms with Crippen LogP contribution in [-0.2, 0) is 0 Å². The highest BCUT2D eigenvalue weighted by molar-refractivity contribution is 5.94. The fraction of sp³-hybridized carbons (Fsp3) is 0.111. The second-order valence-electron chi connectivity index (χ2n) is 2.78. The van der Waals surface area contributed by atoms with Gasteiger partial charge < -0.3 is 0 Å². The zero-order valence-corrected chi connectivity index (χ0v) is 7.65. The number of nitro groups is 1. The molecule has 0 heterocycles. The maximum absolute atomic E-state index is 13.2. The molecule has 0 aliphatic rings. The van der Waals surface area contributed by atoms with Crippen molar-refractivity contribution in [3.8, 4) is 6.07 Å². The Kier molecular flexibility index (Phi) is 2.76. The lowest BCUT2D eigenvalue weighted by molar-refractivity contribution is -0.387. The maximum Gasteiger partial charge on any atom is 0.322 e. The predicted octanol–water partition coefficient (Wildman–Crippen LogP) is 1.81. The number of nitriles is 1. The third-order valence-corrected chi connectivity index (χ3v) is 1.77. The molecule has 0 amide bonds. The van der Waals surface area contributed by atoms with E-state index in [0.717, 1.165) is 12.1 Å². The van der Waals surface area contributed by atoms with Gasteiger partial charge >= 0.3 is 5.69 Å². The van der Waals surface area contributed by atoms with Crippen LogP contribution >= 0.6 is 0 Å². The van der Waals surface area contributed by atoms with Gasteiger partial charge in [0.25, 0.3) is 0 Å². The number of halogens is 1. The number of hydrogen-bond acceptors (Lipinski definition) is 4. The van der Waals surface area contributed by atoms with Gasteiger partial charge in [0.1, 0.15) is 11.6 Å². The summed E-state index contributed by atoms with van der Waals surface area (Å²) in [4.78, 5) is 20.3. The Balaban J connectivity index is 3.53. The van der Waals surface area contributed by atoms with Crippen LogP contribution in [-0.4, -0.2) is 10.7 Å². The van der Waals surface area contributed by atoms with Crippen molar-refractivity contribution < 1.29 is 14.1 Å². The van der Waals surface area contributed by atoms with Crippen LogP contribution < -0.4 is 0 Å². The lowest BCUT2D eigenvalue weighted by Gasteiger charge is -1.99. The van der Waals surface area contributed by atoms with E-state index in [4.69, 9.17) is 5.26 Å². The van der Waals surface area contributed by atoms with Crippen molar-refractivity contribution in [1.29, 1.82) is 5.26 Å². The minimum Gasteiger partial charge on any atom is -0.295 e. The van der Waals surface area contributed by atoms with E-state index < -0.39 is 27.8 Å². The van der Waals surface area contributed by atoms with Gasteiger partial charge in [0.15, 0.2) is 5.78 Å². The van der Waals surface area contributed by atoms with E-state index in [0.29, 0.717) is 0 Å². The molecule has 15 heavy (non-hydrogen) atoms. The zero-order valence-electron chi connectivity index (χ0n) is 7.65. The molecule has 0 N–H and O–H groups in total. The summed E-state index contributed by atoms with van der Waals surface area (Å²) in [5.41, 5.74) is -1.41. The molecule has 0 unspecified atom stereocenters. The van der Waals surface area contributed by atoms with Crippen LogP contribution in [0.25, 0.3) is 0 Å². The number of nitrogens with zero attached hydrogens (tertiary/aromatic N) is 2. The molecule has 6 heteroatoms. The quantitative estimate of drug-likeness (QED) is 0.421. The minimum atomic E-state index is -1.18. The summed E-state index contributed by atoms with van der Waals surface area (Å²) in [5, 5.41) is 19.0. The smallest absolute Gasteiger partial charge is 0.295 e. The first-order chi connectivity index (χ1) is 6.97. The van der Waals surface area contributed by atoms with Crippen LogP contribution in [0.2, 0.25) is 0 Å². The van der Waals surface area contributed by atoms with Crippen molar-refractivity contribution in [1.82, 2.24) is 0 Å². The molecule has 0 fully saturated rings. The molecular weight excluding hydrogens is 203 g/mol. The van der Waals surface area contributed by atoms with E-state index in [9.17, 15) is 19.3 Å². The van der Waals surface area contributed by atoms with Gasteiger partial charge in [-0.15, -0.1) is 0 Å². The molecule has 1 aromatic rings. The highest BCUT2D eigenvalue weighted by atomic mass is 19.1. The van der Waals surface area contributed by atoms with Gasteiger partial charge in [-0.05, 0) is 19.1 Å². The van der Waals surface area contributed by atoms with Crippen molar-refractivity contribution in [2.24, 2.45) is 0 Å². The number of nitro benzene ring substituents is 1. The summed E-state index contributed by atoms with van der Waals surface area (Å²) < 4.78 is 13.2. The van der Waals surface area contributed by atoms with Crippen molar-refractivity contribution in [3.05, 3.63) is 39.2 Å². The van der Waals surface area contributed by atoms with Crippen LogP contribution in [0.3, 0.4) is 0 Å². The third kappa shape index (κ3) is 1.96. The molecule has 0 spiro atoms. The van der Waals surface area contributed by atoms with Gasteiger partial charge in [0, 0.05) is 5.56 Å². The van der Waals surface area contributed by atoms with E-state index in [1.807, 2.05) is 0 Å². The molecule has 1 aromatic carbocycles. The molecule has 0 aromatic heterocycles. The summed E-state index contributed by atoms with van der Waals surface area (Å²) in [6.45, 7) is 1.18. The van der Waals surface area contributed by atoms with Crippen LogP contribution in [0.4, 0.5) is 10.1 Å². The lowest BCUT2D eigenvalue weighted by atomic mass is 10.1. The Labute approximate surface area is 83.9 Å². The number of carbonyl (C=O) groups is 1. The van der Waals surface area contributed by atoms with Gasteiger partial charge in [-0.25, -0.2) is 0 Å². The molecule has 0 saturated carbocycles. The first kappa shape index (κ1) is 10.8. The molecule has 0 aliphatic carbocycles. The monoisotopic (exact) mass is 208 g/mol. The largest absolute Gasteiger partial charge is 0.322 e. The van der Waals surface area contributed by atoms with E-state index in [1.54, 1.807) is 0 Å². The molecule has 0 saturated heterocycles. The van der Waals surface area contributed by atoms with E-state index in [-0.39, 0.29) is 5.56 Å². The summed E-state index contributed by atoms with van der Waals surface area (Å²) in [7, 11) is 0. The maximum atomic E-state index is 13.2. The number of hydrogen-bond donors (Lipinski definition) is 0. The molecule has 5 nitrogen and oxygen atoms in total. The average molecular weight is 208 g/mol. The molecule has 76 valence electrons. The summed E-state index contributed by atoms with van der Waals surface area (Å²) in [5.74, 6) is -1.63. The van der Waals surface area contributed by atoms with Crippen LogP contribution in [0, 0.1) is 27.3 Å². The van der Waals surface area contributed by atoms with Gasteiger partial charge in [0.2, 0.25) is 5.82 Å². The zero-order chi connectivity index (χ0) is 11.6. The predicted molar refractivity (Wildman–Crippen MR) is 47.8 cm³/mol. The topological polar surface area (TPSA) is 84.0 Å². The fourth-order valence-electron chi connectivity index (χ4n) is 1.07. The van der Waals surface area contributed by atoms with Crippen molar-refractivity contribution >= 4 is 11.5 Å². The number of Topliss-reactive ketones (excluding diaryl/α,β-unsaturated/α-hetero) is 1. The molecule has 0 atom stereocenters. The number of rotatable bonds is 2. The van der Waals surface area contributed by atoms with Gasteiger partial charge in [-0.1, -0.05) is 0 Å². The Hall–Kier alpha value is -2.29. The van der Waals surface area contributed by atoms with E-state index in [2.05, 4.69) is 0 Å². The second-order valence-corrected chi connectivity index (χ2v) is 2.78. The van der Waals surface area contributed by atoms with Gasteiger partial charge in [-0.3, -0.25) is 14.9 Å². The Bertz CT molecular complexity index is 491. The first-order valence-corrected chi connectivity index (χ1v) is 3.86. The van der Waals surface area contributed by atoms with Crippen LogP contribution in [0.15, 0.2) is 12.1 Å². The van der Waals surface area contributed by atoms with Crippen LogP contribution in [0.5, 0.6) is 0 Å². The highest BCUT2D eigenvalue weighted by Crippen LogP contribution is 2.23. The SMILES string of the molecule is CC(=O)c1cc(F)c([N+](=O)[O-])c(C#N)c1. The van der Waals surface area contributed by atoms with Crippen LogP contribution in [0.1, 0.15) is 22.8 Å². The number of ketones is 1. The van der Waals surface area contributed by atoms with E-state index >= 15 is 0 Å². The normalized spacial score (nSPS) is 9.40. The summed E-state index contributed by atoms with van der Waals surface area (Å²) >= 11 is 0. The standard InChI is InChI=1S/C9H5FN2O3/c1-5(13)6-2-7(4-11)9(12(14)15)8(10)3-6/h2-3H,1H3. The molecule has 0 radical (unpaired) electrons. The minimum absolute atomic E-state index is 0.0605. The van der Waals surface area contributed by atoms with Gasteiger partial charge in [-0.2, -0.15) is 9.65 Å². The molecule has 0 bridgehead atoms. The molecule has 1 rings (SSSR count). The van der Waals surface area contributed by atoms with Crippen molar-refractivity contribution in [2.75, 3.05) is 0 Å². The first-order valence-electron chi connectivity index (χ1n) is 3.86. The molecule has 0 aliphatic heterocycles. The molecular formula is C9H5FN2O3. The average Bonchev–Trinajstić information content (AvgIpc) is 2.15. The Morgan fingerprint density at radius 3 is 2.60 bits per heavy atom. The Morgan fingerprint density at radius 2 is 2.20 bits per heavy atom. The Morgan fingerprint density at radius 1 is 1.60 bits per heavy atom. The lowest BCUT2D eigenvalue weighted by Crippen LogP contribution is -2.01. The summed E-state index contributed by atoms with van der Waals surface area (Å²) in [6.07, 6.45) is 0. The van der Waals surface area contributed by atoms with E-state index in [1.165, 1.54) is 13.0 Å². The number of carbonyl (C=O) groups excluding carboxylic acids is 1. The van der Waals surface area contributed by atoms with Crippen molar-refractivity contribution in [2.45, 2.75) is 6.92 Å². The highest BCUT2D eigenvalue weighted by Gasteiger charge is 2.22. The second kappa shape index (κ2) is 3.84. The number of benzene rings is 1. The third-order valence-electron chi connectivity index (χ3n) is 1.77. The van der Waals surface area contributed by atoms with Gasteiger partial charge in [0.05, 0.1) is 4.92 Å². The fourth-order valence-corrected chi connectivity index (χ4v) is 1.07.